The van der Waals surface area contributed by atoms with Crippen LogP contribution in [-0.4, -0.2) is 28.5 Å². The molecule has 3 rings (SSSR count). The fraction of sp³-hybridized carbons (Fsp3) is 0.222. The van der Waals surface area contributed by atoms with Crippen molar-refractivity contribution in [2.24, 2.45) is 0 Å². The summed E-state index contributed by atoms with van der Waals surface area (Å²) in [5.41, 5.74) is 0.116. The summed E-state index contributed by atoms with van der Waals surface area (Å²) in [4.78, 5) is 24.6. The van der Waals surface area contributed by atoms with Crippen LogP contribution in [0, 0.1) is 6.92 Å². The van der Waals surface area contributed by atoms with Gasteiger partial charge in [-0.05, 0) is 37.1 Å². The molecule has 0 radical (unpaired) electrons. The van der Waals surface area contributed by atoms with Gasteiger partial charge in [0.05, 0.1) is 6.61 Å². The van der Waals surface area contributed by atoms with E-state index in [1.807, 2.05) is 0 Å². The maximum atomic E-state index is 12.4. The lowest BCUT2D eigenvalue weighted by molar-refractivity contribution is 0.262. The van der Waals surface area contributed by atoms with Crippen LogP contribution in [0.4, 0.5) is 0 Å². The predicted molar refractivity (Wildman–Crippen MR) is 91.9 cm³/mol. The van der Waals surface area contributed by atoms with E-state index in [-0.39, 0.29) is 35.1 Å². The van der Waals surface area contributed by atoms with Crippen molar-refractivity contribution in [2.75, 3.05) is 13.2 Å². The molecular weight excluding hydrogens is 328 g/mol. The Kier molecular flexibility index (Phi) is 4.10. The van der Waals surface area contributed by atoms with Crippen LogP contribution in [0.25, 0.3) is 21.5 Å². The fourth-order valence-electron chi connectivity index (χ4n) is 2.81. The standard InChI is InChI=1S/C18H16O7/c1-8(7-19)3-4-24-12-6-11(21)15-16-13(12)9(2)5-10(20)14(16)17(22)25-18(15)23/h3,5-6,19,22-23H,4,7H2,1-2H3/b8-3+. The lowest BCUT2D eigenvalue weighted by Gasteiger charge is -2.13. The topological polar surface area (TPSA) is 117 Å². The third-order valence-corrected chi connectivity index (χ3v) is 4.03. The third-order valence-electron chi connectivity index (χ3n) is 4.03. The Morgan fingerprint density at radius 3 is 2.28 bits per heavy atom. The van der Waals surface area contributed by atoms with E-state index >= 15 is 0 Å². The SMILES string of the molecule is C/C(=C\COc1cc(=O)c2c(O)oc(O)c3c(=O)cc(C)c1c32)CO. The summed E-state index contributed by atoms with van der Waals surface area (Å²) < 4.78 is 10.4. The molecule has 25 heavy (non-hydrogen) atoms. The van der Waals surface area contributed by atoms with Crippen LogP contribution in [0.3, 0.4) is 0 Å². The molecule has 0 atom stereocenters. The van der Waals surface area contributed by atoms with Gasteiger partial charge >= 0.3 is 0 Å². The highest BCUT2D eigenvalue weighted by Gasteiger charge is 2.22. The molecule has 0 saturated carbocycles. The first-order valence-electron chi connectivity index (χ1n) is 7.53. The summed E-state index contributed by atoms with van der Waals surface area (Å²) in [6, 6.07) is 2.50. The van der Waals surface area contributed by atoms with E-state index in [0.29, 0.717) is 16.5 Å². The Labute approximate surface area is 141 Å². The summed E-state index contributed by atoms with van der Waals surface area (Å²) in [6.07, 6.45) is 1.66. The second-order valence-corrected chi connectivity index (χ2v) is 5.80. The molecule has 3 aromatic rings. The Morgan fingerprint density at radius 2 is 1.68 bits per heavy atom. The molecule has 0 amide bonds. The van der Waals surface area contributed by atoms with Gasteiger partial charge in [0.2, 0.25) is 0 Å². The van der Waals surface area contributed by atoms with Crippen molar-refractivity contribution in [2.45, 2.75) is 13.8 Å². The summed E-state index contributed by atoms with van der Waals surface area (Å²) in [6.45, 7) is 3.39. The van der Waals surface area contributed by atoms with Crippen molar-refractivity contribution < 1.29 is 24.5 Å². The third kappa shape index (κ3) is 2.68. The normalized spacial score (nSPS) is 12.2. The van der Waals surface area contributed by atoms with E-state index in [2.05, 4.69) is 0 Å². The predicted octanol–water partition coefficient (Wildman–Crippen LogP) is 1.78. The molecule has 0 fully saturated rings. The zero-order valence-electron chi connectivity index (χ0n) is 13.6. The maximum Gasteiger partial charge on any atom is 0.296 e. The molecule has 2 aromatic carbocycles. The molecule has 0 spiro atoms. The van der Waals surface area contributed by atoms with E-state index in [9.17, 15) is 19.8 Å². The van der Waals surface area contributed by atoms with Crippen molar-refractivity contribution in [1.82, 2.24) is 0 Å². The Balaban J connectivity index is 2.37. The maximum absolute atomic E-state index is 12.4. The number of hydrogen-bond acceptors (Lipinski definition) is 7. The van der Waals surface area contributed by atoms with Crippen molar-refractivity contribution in [3.05, 3.63) is 49.8 Å². The first-order valence-corrected chi connectivity index (χ1v) is 7.53. The Hall–Kier alpha value is -3.06. The minimum absolute atomic E-state index is 0.107. The second-order valence-electron chi connectivity index (χ2n) is 5.80. The van der Waals surface area contributed by atoms with Gasteiger partial charge in [0.15, 0.2) is 10.9 Å². The first kappa shape index (κ1) is 16.8. The van der Waals surface area contributed by atoms with Gasteiger partial charge in [0, 0.05) is 16.8 Å². The van der Waals surface area contributed by atoms with Gasteiger partial charge in [-0.2, -0.15) is 0 Å². The minimum Gasteiger partial charge on any atom is -0.489 e. The number of benzene rings is 2. The van der Waals surface area contributed by atoms with Gasteiger partial charge < -0.3 is 24.5 Å². The van der Waals surface area contributed by atoms with Crippen LogP contribution >= 0.6 is 0 Å². The highest BCUT2D eigenvalue weighted by Crippen LogP contribution is 2.39. The molecule has 0 saturated heterocycles. The zero-order valence-corrected chi connectivity index (χ0v) is 13.6. The van der Waals surface area contributed by atoms with Crippen molar-refractivity contribution in [1.29, 1.82) is 0 Å². The molecule has 1 heterocycles. The van der Waals surface area contributed by atoms with Crippen LogP contribution in [0.1, 0.15) is 12.5 Å². The number of aryl methyl sites for hydroxylation is 1. The van der Waals surface area contributed by atoms with E-state index in [1.54, 1.807) is 19.9 Å². The van der Waals surface area contributed by atoms with Crippen LogP contribution in [0.5, 0.6) is 17.6 Å². The zero-order chi connectivity index (χ0) is 18.3. The molecule has 7 heteroatoms. The lowest BCUT2D eigenvalue weighted by atomic mass is 9.97. The highest BCUT2D eigenvalue weighted by atomic mass is 16.5. The average Bonchev–Trinajstić information content (AvgIpc) is 2.53. The van der Waals surface area contributed by atoms with Gasteiger partial charge in [-0.1, -0.05) is 0 Å². The number of ether oxygens (including phenoxy) is 1. The molecule has 0 aliphatic heterocycles. The molecule has 0 unspecified atom stereocenters. The summed E-state index contributed by atoms with van der Waals surface area (Å²) in [5, 5.41) is 29.0. The van der Waals surface area contributed by atoms with Gasteiger partial charge in [-0.15, -0.1) is 0 Å². The summed E-state index contributed by atoms with van der Waals surface area (Å²) in [5.74, 6) is -1.30. The smallest absolute Gasteiger partial charge is 0.296 e. The van der Waals surface area contributed by atoms with E-state index < -0.39 is 22.8 Å². The molecule has 1 aromatic heterocycles. The van der Waals surface area contributed by atoms with Gasteiger partial charge in [-0.3, -0.25) is 9.59 Å². The summed E-state index contributed by atoms with van der Waals surface area (Å²) >= 11 is 0. The molecule has 3 N–H and O–H groups in total. The molecule has 130 valence electrons. The first-order chi connectivity index (χ1) is 11.8. The van der Waals surface area contributed by atoms with Crippen molar-refractivity contribution >= 4 is 21.5 Å². The number of aliphatic hydroxyl groups excluding tert-OH is 1. The van der Waals surface area contributed by atoms with Crippen LogP contribution in [-0.2, 0) is 0 Å². The largest absolute Gasteiger partial charge is 0.489 e. The van der Waals surface area contributed by atoms with Crippen molar-refractivity contribution in [3.8, 4) is 17.6 Å². The number of aromatic hydroxyl groups is 2. The fourth-order valence-corrected chi connectivity index (χ4v) is 2.81. The Morgan fingerprint density at radius 1 is 1.08 bits per heavy atom. The minimum atomic E-state index is -0.757. The quantitative estimate of drug-likeness (QED) is 0.618. The van der Waals surface area contributed by atoms with E-state index in [4.69, 9.17) is 14.3 Å². The molecular formula is C18H16O7. The highest BCUT2D eigenvalue weighted by molar-refractivity contribution is 6.15. The van der Waals surface area contributed by atoms with Crippen LogP contribution < -0.4 is 15.6 Å². The molecule has 7 nitrogen and oxygen atoms in total. The molecule has 0 aliphatic carbocycles. The monoisotopic (exact) mass is 344 g/mol. The number of rotatable bonds is 4. The van der Waals surface area contributed by atoms with Gasteiger partial charge in [-0.25, -0.2) is 0 Å². The summed E-state index contributed by atoms with van der Waals surface area (Å²) in [7, 11) is 0. The van der Waals surface area contributed by atoms with Crippen LogP contribution in [0.2, 0.25) is 0 Å². The average molecular weight is 344 g/mol. The van der Waals surface area contributed by atoms with Gasteiger partial charge in [0.1, 0.15) is 23.1 Å². The molecule has 0 bridgehead atoms. The second kappa shape index (κ2) is 6.10. The molecule has 0 aliphatic rings. The number of hydrogen-bond donors (Lipinski definition) is 3. The Bertz CT molecular complexity index is 1090. The lowest BCUT2D eigenvalue weighted by Crippen LogP contribution is -2.10. The van der Waals surface area contributed by atoms with E-state index in [0.717, 1.165) is 0 Å². The van der Waals surface area contributed by atoms with E-state index in [1.165, 1.54) is 12.1 Å². The van der Waals surface area contributed by atoms with Gasteiger partial charge in [0.25, 0.3) is 11.9 Å². The van der Waals surface area contributed by atoms with Crippen molar-refractivity contribution in [3.63, 3.8) is 0 Å². The van der Waals surface area contributed by atoms with Crippen LogP contribution in [0.15, 0.2) is 37.8 Å². The number of aliphatic hydroxyl groups is 1.